The lowest BCUT2D eigenvalue weighted by Crippen LogP contribution is -2.26. The van der Waals surface area contributed by atoms with Crippen molar-refractivity contribution < 1.29 is 19.0 Å². The van der Waals surface area contributed by atoms with Gasteiger partial charge in [-0.2, -0.15) is 9.78 Å². The molecular weight excluding hydrogens is 594 g/mol. The van der Waals surface area contributed by atoms with Crippen LogP contribution < -0.4 is 15.0 Å². The maximum absolute atomic E-state index is 13.1. The molecule has 1 atom stereocenters. The first-order valence-corrected chi connectivity index (χ1v) is 12.3. The van der Waals surface area contributed by atoms with Crippen molar-refractivity contribution >= 4 is 66.5 Å². The normalized spacial score (nSPS) is 12.2. The topological polar surface area (TPSA) is 92.0 Å². The number of hydrogen-bond acceptors (Lipinski definition) is 7. The largest absolute Gasteiger partial charge is 0.493 e. The monoisotopic (exact) mass is 613 g/mol. The zero-order chi connectivity index (χ0) is 25.0. The Bertz CT molecular complexity index is 1330. The number of nitrogens with zero attached hydrogens (tertiary/aromatic N) is 3. The average Bonchev–Trinajstić information content (AvgIpc) is 2.82. The Morgan fingerprint density at radius 2 is 2.03 bits per heavy atom. The number of aryl methyl sites for hydroxylation is 1. The van der Waals surface area contributed by atoms with E-state index in [1.165, 1.54) is 18.0 Å². The number of benzene rings is 2. The van der Waals surface area contributed by atoms with Gasteiger partial charge in [-0.3, -0.25) is 4.79 Å². The molecule has 0 aliphatic carbocycles. The van der Waals surface area contributed by atoms with Gasteiger partial charge in [0.05, 0.1) is 30.8 Å². The highest BCUT2D eigenvalue weighted by atomic mass is 79.9. The highest BCUT2D eigenvalue weighted by molar-refractivity contribution is 9.10. The molecule has 0 radical (unpaired) electrons. The molecule has 0 saturated carbocycles. The second-order valence-corrected chi connectivity index (χ2v) is 9.13. The Kier molecular flexibility index (Phi) is 8.72. The smallest absolute Gasteiger partial charge is 0.347 e. The van der Waals surface area contributed by atoms with Crippen molar-refractivity contribution in [2.75, 3.05) is 13.7 Å². The van der Waals surface area contributed by atoms with E-state index in [1.54, 1.807) is 32.0 Å². The Morgan fingerprint density at radius 3 is 2.68 bits per heavy atom. The number of aromatic nitrogens is 2. The lowest BCUT2D eigenvalue weighted by molar-refractivity contribution is -0.150. The van der Waals surface area contributed by atoms with Gasteiger partial charge in [0.25, 0.3) is 5.56 Å². The van der Waals surface area contributed by atoms with Gasteiger partial charge in [0.15, 0.2) is 17.6 Å². The molecule has 3 rings (SSSR count). The summed E-state index contributed by atoms with van der Waals surface area (Å²) in [5, 5.41) is 5.01. The van der Waals surface area contributed by atoms with Crippen molar-refractivity contribution in [1.82, 2.24) is 9.66 Å². The number of carbonyl (C=O) groups excluding carboxylic acids is 1. The van der Waals surface area contributed by atoms with Crippen molar-refractivity contribution in [3.05, 3.63) is 60.0 Å². The third-order valence-electron chi connectivity index (χ3n) is 4.79. The summed E-state index contributed by atoms with van der Waals surface area (Å²) < 4.78 is 18.6. The Morgan fingerprint density at radius 1 is 1.29 bits per heavy atom. The van der Waals surface area contributed by atoms with Crippen LogP contribution in [-0.4, -0.2) is 41.7 Å². The molecule has 34 heavy (non-hydrogen) atoms. The molecule has 180 valence electrons. The predicted octanol–water partition coefficient (Wildman–Crippen LogP) is 5.36. The summed E-state index contributed by atoms with van der Waals surface area (Å²) in [7, 11) is 1.45. The van der Waals surface area contributed by atoms with E-state index in [0.717, 1.165) is 4.47 Å². The molecule has 2 aromatic carbocycles. The summed E-state index contributed by atoms with van der Waals surface area (Å²) in [6.45, 7) is 5.39. The Labute approximate surface area is 218 Å². The molecule has 1 aromatic heterocycles. The van der Waals surface area contributed by atoms with Crippen LogP contribution in [0.25, 0.3) is 10.9 Å². The summed E-state index contributed by atoms with van der Waals surface area (Å²) in [5.74, 6) is 0.449. The van der Waals surface area contributed by atoms with Crippen LogP contribution in [-0.2, 0) is 16.0 Å². The quantitative estimate of drug-likeness (QED) is 0.250. The van der Waals surface area contributed by atoms with Crippen LogP contribution >= 0.6 is 43.5 Å². The van der Waals surface area contributed by atoms with Crippen molar-refractivity contribution in [1.29, 1.82) is 0 Å². The summed E-state index contributed by atoms with van der Waals surface area (Å²) in [4.78, 5) is 29.6. The first-order chi connectivity index (χ1) is 16.2. The van der Waals surface area contributed by atoms with E-state index < -0.39 is 12.1 Å². The minimum Gasteiger partial charge on any atom is -0.493 e. The fourth-order valence-electron chi connectivity index (χ4n) is 3.11. The van der Waals surface area contributed by atoms with Crippen molar-refractivity contribution in [3.63, 3.8) is 0 Å². The lowest BCUT2D eigenvalue weighted by atomic mass is 10.2. The second-order valence-electron chi connectivity index (χ2n) is 7.04. The van der Waals surface area contributed by atoms with E-state index >= 15 is 0 Å². The summed E-state index contributed by atoms with van der Waals surface area (Å²) in [6.07, 6.45) is 1.08. The van der Waals surface area contributed by atoms with Gasteiger partial charge in [-0.05, 0) is 54.0 Å². The number of fused-ring (bicyclic) bond motifs is 1. The molecule has 0 unspecified atom stereocenters. The van der Waals surface area contributed by atoms with Gasteiger partial charge in [0.2, 0.25) is 0 Å². The van der Waals surface area contributed by atoms with Crippen LogP contribution in [0, 0.1) is 0 Å². The highest BCUT2D eigenvalue weighted by Crippen LogP contribution is 2.42. The fourth-order valence-corrected chi connectivity index (χ4v) is 4.11. The van der Waals surface area contributed by atoms with E-state index in [2.05, 4.69) is 41.9 Å². The number of carbonyl (C=O) groups is 1. The van der Waals surface area contributed by atoms with Crippen LogP contribution in [0.3, 0.4) is 0 Å². The van der Waals surface area contributed by atoms with Crippen LogP contribution in [0.5, 0.6) is 11.5 Å². The minimum absolute atomic E-state index is 0.178. The molecule has 0 saturated heterocycles. The van der Waals surface area contributed by atoms with Crippen LogP contribution in [0.4, 0.5) is 0 Å². The van der Waals surface area contributed by atoms with E-state index in [0.29, 0.717) is 33.2 Å². The maximum atomic E-state index is 13.1. The first kappa shape index (κ1) is 26.2. The number of rotatable bonds is 8. The predicted molar refractivity (Wildman–Crippen MR) is 138 cm³/mol. The van der Waals surface area contributed by atoms with Gasteiger partial charge in [-0.1, -0.05) is 34.5 Å². The molecule has 0 N–H and O–H groups in total. The molecule has 3 aromatic rings. The van der Waals surface area contributed by atoms with Crippen molar-refractivity contribution in [2.24, 2.45) is 5.10 Å². The molecule has 0 spiro atoms. The van der Waals surface area contributed by atoms with E-state index in [1.807, 2.05) is 13.0 Å². The summed E-state index contributed by atoms with van der Waals surface area (Å²) >= 11 is 13.4. The average molecular weight is 616 g/mol. The minimum atomic E-state index is -0.897. The molecule has 11 heteroatoms. The third-order valence-corrected chi connectivity index (χ3v) is 6.73. The zero-order valence-corrected chi connectivity index (χ0v) is 22.8. The molecule has 8 nitrogen and oxygen atoms in total. The first-order valence-electron chi connectivity index (χ1n) is 10.4. The Balaban J connectivity index is 2.05. The fraction of sp³-hybridized carbons (Fsp3) is 0.304. The molecule has 0 aliphatic heterocycles. The van der Waals surface area contributed by atoms with E-state index in [-0.39, 0.29) is 28.7 Å². The van der Waals surface area contributed by atoms with Gasteiger partial charge in [-0.25, -0.2) is 9.78 Å². The van der Waals surface area contributed by atoms with Crippen molar-refractivity contribution in [3.8, 4) is 11.5 Å². The lowest BCUT2D eigenvalue weighted by Gasteiger charge is -2.18. The summed E-state index contributed by atoms with van der Waals surface area (Å²) in [5.41, 5.74) is 0.831. The van der Waals surface area contributed by atoms with Gasteiger partial charge < -0.3 is 14.2 Å². The van der Waals surface area contributed by atoms with Gasteiger partial charge in [0, 0.05) is 20.9 Å². The second kappa shape index (κ2) is 11.3. The van der Waals surface area contributed by atoms with E-state index in [4.69, 9.17) is 25.8 Å². The van der Waals surface area contributed by atoms with Crippen molar-refractivity contribution in [2.45, 2.75) is 33.3 Å². The summed E-state index contributed by atoms with van der Waals surface area (Å²) in [6, 6.07) is 6.96. The van der Waals surface area contributed by atoms with E-state index in [9.17, 15) is 9.59 Å². The number of esters is 1. The Hall–Kier alpha value is -2.43. The van der Waals surface area contributed by atoms with Gasteiger partial charge in [0.1, 0.15) is 10.8 Å². The van der Waals surface area contributed by atoms with Gasteiger partial charge in [-0.15, -0.1) is 0 Å². The van der Waals surface area contributed by atoms with Crippen LogP contribution in [0.15, 0.2) is 43.1 Å². The SMILES string of the molecule is CCOC(=O)[C@H](C)Oc1c(OC)cc(C=Nn2c(CC)nc3ccc(Br)cc3c2=O)c(Br)c1Cl. The standard InChI is InChI=1S/C23H22Br2ClN3O5/c1-5-18-28-16-8-7-14(24)10-15(16)22(30)29(18)27-11-13-9-17(32-4)21(20(26)19(13)25)34-12(3)23(31)33-6-2/h7-12H,5-6H2,1-4H3/t12-/m0/s1. The highest BCUT2D eigenvalue weighted by Gasteiger charge is 2.23. The van der Waals surface area contributed by atoms with Crippen LogP contribution in [0.1, 0.15) is 32.2 Å². The number of halogens is 3. The number of hydrogen-bond donors (Lipinski definition) is 0. The zero-order valence-electron chi connectivity index (χ0n) is 18.9. The third kappa shape index (κ3) is 5.45. The molecular formula is C23H22Br2ClN3O5. The molecule has 0 fully saturated rings. The van der Waals surface area contributed by atoms with Gasteiger partial charge >= 0.3 is 5.97 Å². The van der Waals surface area contributed by atoms with Crippen LogP contribution in [0.2, 0.25) is 5.02 Å². The number of methoxy groups -OCH3 is 1. The molecule has 0 amide bonds. The molecule has 0 aliphatic rings. The molecule has 1 heterocycles. The number of ether oxygens (including phenoxy) is 3. The maximum Gasteiger partial charge on any atom is 0.347 e. The molecule has 0 bridgehead atoms.